The van der Waals surface area contributed by atoms with Crippen molar-refractivity contribution in [1.29, 1.82) is 0 Å². The summed E-state index contributed by atoms with van der Waals surface area (Å²) in [7, 11) is 0. The fourth-order valence-electron chi connectivity index (χ4n) is 1.56. The van der Waals surface area contributed by atoms with E-state index in [9.17, 15) is 13.2 Å². The van der Waals surface area contributed by atoms with E-state index in [0.29, 0.717) is 28.3 Å². The van der Waals surface area contributed by atoms with E-state index in [4.69, 9.17) is 16.0 Å². The number of hydrogen-bond acceptors (Lipinski definition) is 3. The Hall–Kier alpha value is -1.27. The minimum absolute atomic E-state index is 0.100. The third-order valence-corrected chi connectivity index (χ3v) is 3.39. The van der Waals surface area contributed by atoms with Crippen LogP contribution in [0.5, 0.6) is 0 Å². The van der Waals surface area contributed by atoms with E-state index >= 15 is 0 Å². The molecular weight excluding hydrogens is 311 g/mol. The quantitative estimate of drug-likeness (QED) is 0.797. The van der Waals surface area contributed by atoms with Crippen LogP contribution in [0.15, 0.2) is 34.7 Å². The Labute approximate surface area is 123 Å². The van der Waals surface area contributed by atoms with Gasteiger partial charge in [0.25, 0.3) is 5.76 Å². The molecule has 0 fully saturated rings. The lowest BCUT2D eigenvalue weighted by Crippen LogP contribution is -2.00. The van der Waals surface area contributed by atoms with E-state index < -0.39 is 11.6 Å². The van der Waals surface area contributed by atoms with Crippen LogP contribution in [-0.2, 0) is 12.3 Å². The molecule has 0 aliphatic carbocycles. The van der Waals surface area contributed by atoms with Crippen molar-refractivity contribution in [2.45, 2.75) is 18.1 Å². The summed E-state index contributed by atoms with van der Waals surface area (Å²) in [6.07, 6.45) is 0. The lowest BCUT2D eigenvalue weighted by molar-refractivity contribution is 0.251. The number of anilines is 1. The van der Waals surface area contributed by atoms with Gasteiger partial charge in [-0.1, -0.05) is 23.4 Å². The predicted octanol–water partition coefficient (Wildman–Crippen LogP) is 5.14. The molecule has 0 bridgehead atoms. The van der Waals surface area contributed by atoms with Crippen LogP contribution in [0.3, 0.4) is 0 Å². The smallest absolute Gasteiger partial charge is 0.284 e. The number of alkyl halides is 2. The summed E-state index contributed by atoms with van der Waals surface area (Å²) < 4.78 is 42.9. The summed E-state index contributed by atoms with van der Waals surface area (Å²) in [6.45, 7) is 0.247. The third-order valence-electron chi connectivity index (χ3n) is 2.45. The van der Waals surface area contributed by atoms with Crippen LogP contribution in [0.2, 0.25) is 5.02 Å². The average Bonchev–Trinajstić information content (AvgIpc) is 2.85. The van der Waals surface area contributed by atoms with Crippen LogP contribution in [0.1, 0.15) is 11.5 Å². The van der Waals surface area contributed by atoms with Gasteiger partial charge in [0.05, 0.1) is 18.0 Å². The van der Waals surface area contributed by atoms with Gasteiger partial charge in [0.2, 0.25) is 0 Å². The number of thioether (sulfide) groups is 1. The minimum Gasteiger partial charge on any atom is -0.463 e. The van der Waals surface area contributed by atoms with Gasteiger partial charge in [-0.15, -0.1) is 0 Å². The van der Waals surface area contributed by atoms with Crippen molar-refractivity contribution in [2.24, 2.45) is 0 Å². The molecule has 20 heavy (non-hydrogen) atoms. The average molecular weight is 322 g/mol. The van der Waals surface area contributed by atoms with Gasteiger partial charge in [-0.25, -0.2) is 4.39 Å². The maximum atomic E-state index is 13.4. The highest BCUT2D eigenvalue weighted by Gasteiger charge is 2.08. The first kappa shape index (κ1) is 15.1. The second-order valence-electron chi connectivity index (χ2n) is 3.92. The second-order valence-corrected chi connectivity index (χ2v) is 5.33. The molecule has 1 aromatic carbocycles. The Morgan fingerprint density at radius 2 is 1.95 bits per heavy atom. The van der Waals surface area contributed by atoms with Crippen LogP contribution in [0, 0.1) is 5.82 Å². The van der Waals surface area contributed by atoms with Gasteiger partial charge < -0.3 is 9.73 Å². The van der Waals surface area contributed by atoms with Crippen molar-refractivity contribution in [3.63, 3.8) is 0 Å². The predicted molar refractivity (Wildman–Crippen MR) is 74.7 cm³/mol. The van der Waals surface area contributed by atoms with E-state index in [-0.39, 0.29) is 18.0 Å². The van der Waals surface area contributed by atoms with Crippen molar-refractivity contribution in [2.75, 3.05) is 5.32 Å². The summed E-state index contributed by atoms with van der Waals surface area (Å²) in [4.78, 5) is 0. The van der Waals surface area contributed by atoms with Crippen LogP contribution >= 0.6 is 23.4 Å². The van der Waals surface area contributed by atoms with Crippen molar-refractivity contribution in [3.05, 3.63) is 52.7 Å². The lowest BCUT2D eigenvalue weighted by atomic mass is 10.3. The Morgan fingerprint density at radius 1 is 1.20 bits per heavy atom. The highest BCUT2D eigenvalue weighted by atomic mass is 35.5. The molecule has 0 aliphatic heterocycles. The number of nitrogens with one attached hydrogen (secondary N) is 1. The van der Waals surface area contributed by atoms with Gasteiger partial charge in [-0.3, -0.25) is 0 Å². The van der Waals surface area contributed by atoms with E-state index in [1.807, 2.05) is 0 Å². The molecule has 108 valence electrons. The summed E-state index contributed by atoms with van der Waals surface area (Å²) in [5.74, 6) is -1.76. The van der Waals surface area contributed by atoms with Crippen molar-refractivity contribution in [3.8, 4) is 0 Å². The zero-order valence-corrected chi connectivity index (χ0v) is 11.8. The highest BCUT2D eigenvalue weighted by molar-refractivity contribution is 7.98. The molecule has 0 spiro atoms. The number of hydrogen-bond donors (Lipinski definition) is 1. The fraction of sp³-hybridized carbons (Fsp3) is 0.231. The number of halogens is 4. The molecule has 0 aliphatic rings. The van der Waals surface area contributed by atoms with Gasteiger partial charge in [0.15, 0.2) is 0 Å². The van der Waals surface area contributed by atoms with Crippen molar-refractivity contribution < 1.29 is 17.6 Å². The molecule has 7 heteroatoms. The van der Waals surface area contributed by atoms with Crippen LogP contribution < -0.4 is 5.32 Å². The number of furan rings is 1. The molecule has 0 saturated heterocycles. The van der Waals surface area contributed by atoms with Crippen LogP contribution in [-0.4, -0.2) is 5.76 Å². The second kappa shape index (κ2) is 6.95. The summed E-state index contributed by atoms with van der Waals surface area (Å²) in [6, 6.07) is 7.47. The van der Waals surface area contributed by atoms with Crippen molar-refractivity contribution in [1.82, 2.24) is 0 Å². The SMILES string of the molecule is Fc1ccc(Cl)cc1NCc1ccc(CSC(F)F)o1. The molecule has 2 aromatic rings. The Balaban J connectivity index is 1.92. The number of rotatable bonds is 6. The van der Waals surface area contributed by atoms with Gasteiger partial charge >= 0.3 is 0 Å². The minimum atomic E-state index is -2.43. The molecule has 1 heterocycles. The van der Waals surface area contributed by atoms with E-state index in [1.165, 1.54) is 18.2 Å². The molecule has 1 aromatic heterocycles. The Bertz CT molecular complexity index is 576. The summed E-state index contributed by atoms with van der Waals surface area (Å²) in [5, 5.41) is 3.26. The molecule has 2 rings (SSSR count). The Morgan fingerprint density at radius 3 is 2.70 bits per heavy atom. The van der Waals surface area contributed by atoms with Crippen LogP contribution in [0.4, 0.5) is 18.9 Å². The zero-order valence-electron chi connectivity index (χ0n) is 10.2. The van der Waals surface area contributed by atoms with Crippen LogP contribution in [0.25, 0.3) is 0 Å². The van der Waals surface area contributed by atoms with E-state index in [1.54, 1.807) is 12.1 Å². The first-order chi connectivity index (χ1) is 9.54. The zero-order chi connectivity index (χ0) is 14.5. The standard InChI is InChI=1S/C13H11ClF3NOS/c14-8-1-4-11(15)12(5-8)18-6-9-2-3-10(19-9)7-20-13(16)17/h1-5,13,18H,6-7H2. The molecule has 0 unspecified atom stereocenters. The largest absolute Gasteiger partial charge is 0.463 e. The first-order valence-corrected chi connectivity index (χ1v) is 7.13. The Kier molecular flexibility index (Phi) is 5.25. The highest BCUT2D eigenvalue weighted by Crippen LogP contribution is 2.23. The third kappa shape index (κ3) is 4.38. The summed E-state index contributed by atoms with van der Waals surface area (Å²) >= 11 is 6.26. The molecular formula is C13H11ClF3NOS. The van der Waals surface area contributed by atoms with E-state index in [2.05, 4.69) is 5.32 Å². The topological polar surface area (TPSA) is 25.2 Å². The summed E-state index contributed by atoms with van der Waals surface area (Å²) in [5.41, 5.74) is 0.261. The molecule has 0 saturated carbocycles. The van der Waals surface area contributed by atoms with Gasteiger partial charge in [-0.2, -0.15) is 8.78 Å². The fourth-order valence-corrected chi connectivity index (χ4v) is 2.17. The van der Waals surface area contributed by atoms with E-state index in [0.717, 1.165) is 0 Å². The van der Waals surface area contributed by atoms with Crippen molar-refractivity contribution >= 4 is 29.1 Å². The molecule has 0 atom stereocenters. The molecule has 0 amide bonds. The normalized spacial score (nSPS) is 11.1. The van der Waals surface area contributed by atoms with Gasteiger partial charge in [-0.05, 0) is 30.3 Å². The monoisotopic (exact) mass is 321 g/mol. The molecule has 0 radical (unpaired) electrons. The lowest BCUT2D eigenvalue weighted by Gasteiger charge is -2.06. The molecule has 1 N–H and O–H groups in total. The maximum Gasteiger partial charge on any atom is 0.284 e. The van der Waals surface area contributed by atoms with Gasteiger partial charge in [0, 0.05) is 5.02 Å². The maximum absolute atomic E-state index is 13.4. The van der Waals surface area contributed by atoms with Gasteiger partial charge in [0.1, 0.15) is 17.3 Å². The first-order valence-electron chi connectivity index (χ1n) is 5.71. The molecule has 2 nitrogen and oxygen atoms in total. The number of benzene rings is 1.